The summed E-state index contributed by atoms with van der Waals surface area (Å²) < 4.78 is 12.9. The van der Waals surface area contributed by atoms with Gasteiger partial charge in [-0.2, -0.15) is 0 Å². The van der Waals surface area contributed by atoms with Crippen molar-refractivity contribution in [1.82, 2.24) is 5.32 Å². The zero-order valence-electron chi connectivity index (χ0n) is 11.1. The first-order chi connectivity index (χ1) is 9.74. The molecule has 2 aromatic carbocycles. The van der Waals surface area contributed by atoms with Crippen LogP contribution in [0.4, 0.5) is 14.9 Å². The third kappa shape index (κ3) is 4.72. The number of anilines is 1. The van der Waals surface area contributed by atoms with Crippen LogP contribution in [0.25, 0.3) is 0 Å². The number of benzene rings is 2. The van der Waals surface area contributed by atoms with Gasteiger partial charge in [0.2, 0.25) is 0 Å². The van der Waals surface area contributed by atoms with Crippen LogP contribution < -0.4 is 10.6 Å². The number of rotatable bonds is 5. The highest BCUT2D eigenvalue weighted by molar-refractivity contribution is 5.89. The van der Waals surface area contributed by atoms with E-state index in [1.165, 1.54) is 17.7 Å². The third-order valence-electron chi connectivity index (χ3n) is 2.85. The summed E-state index contributed by atoms with van der Waals surface area (Å²) in [7, 11) is 0. The quantitative estimate of drug-likeness (QED) is 0.802. The Balaban J connectivity index is 1.68. The number of carbonyl (C=O) groups excluding carboxylic acids is 1. The molecule has 0 radical (unpaired) electrons. The Labute approximate surface area is 117 Å². The van der Waals surface area contributed by atoms with Crippen molar-refractivity contribution in [3.05, 3.63) is 66.0 Å². The highest BCUT2D eigenvalue weighted by atomic mass is 19.1. The fraction of sp³-hybridized carbons (Fsp3) is 0.188. The van der Waals surface area contributed by atoms with Gasteiger partial charge in [0.15, 0.2) is 0 Å². The average Bonchev–Trinajstić information content (AvgIpc) is 2.45. The monoisotopic (exact) mass is 272 g/mol. The summed E-state index contributed by atoms with van der Waals surface area (Å²) in [6, 6.07) is 15.6. The lowest BCUT2D eigenvalue weighted by Gasteiger charge is -2.07. The second-order valence-corrected chi connectivity index (χ2v) is 4.48. The van der Waals surface area contributed by atoms with E-state index in [2.05, 4.69) is 22.8 Å². The molecule has 0 aliphatic heterocycles. The van der Waals surface area contributed by atoms with Gasteiger partial charge in [-0.1, -0.05) is 36.4 Å². The first-order valence-electron chi connectivity index (χ1n) is 6.58. The standard InChI is InChI=1S/C16H17FN2O/c17-14-9-4-10-15(12-14)19-16(20)18-11-5-8-13-6-2-1-3-7-13/h1-4,6-7,9-10,12H,5,8,11H2,(H2,18,19,20). The van der Waals surface area contributed by atoms with Gasteiger partial charge in [-0.3, -0.25) is 0 Å². The predicted octanol–water partition coefficient (Wildman–Crippen LogP) is 3.58. The van der Waals surface area contributed by atoms with Crippen molar-refractivity contribution in [2.45, 2.75) is 12.8 Å². The van der Waals surface area contributed by atoms with Crippen LogP contribution in [0.3, 0.4) is 0 Å². The van der Waals surface area contributed by atoms with Crippen LogP contribution >= 0.6 is 0 Å². The molecular weight excluding hydrogens is 255 g/mol. The van der Waals surface area contributed by atoms with E-state index < -0.39 is 0 Å². The molecule has 2 amide bonds. The Morgan fingerprint density at radius 1 is 1.05 bits per heavy atom. The van der Waals surface area contributed by atoms with Crippen LogP contribution in [0.5, 0.6) is 0 Å². The van der Waals surface area contributed by atoms with E-state index in [1.54, 1.807) is 12.1 Å². The predicted molar refractivity (Wildman–Crippen MR) is 78.2 cm³/mol. The van der Waals surface area contributed by atoms with Gasteiger partial charge in [-0.05, 0) is 36.6 Å². The lowest BCUT2D eigenvalue weighted by Crippen LogP contribution is -2.29. The van der Waals surface area contributed by atoms with Crippen LogP contribution in [-0.4, -0.2) is 12.6 Å². The van der Waals surface area contributed by atoms with Crippen molar-refractivity contribution < 1.29 is 9.18 Å². The smallest absolute Gasteiger partial charge is 0.319 e. The molecule has 104 valence electrons. The maximum atomic E-state index is 12.9. The van der Waals surface area contributed by atoms with Gasteiger partial charge < -0.3 is 10.6 Å². The van der Waals surface area contributed by atoms with Crippen LogP contribution in [0.1, 0.15) is 12.0 Å². The fourth-order valence-electron chi connectivity index (χ4n) is 1.88. The van der Waals surface area contributed by atoms with Crippen LogP contribution in [0.15, 0.2) is 54.6 Å². The topological polar surface area (TPSA) is 41.1 Å². The summed E-state index contributed by atoms with van der Waals surface area (Å²) >= 11 is 0. The summed E-state index contributed by atoms with van der Waals surface area (Å²) in [4.78, 5) is 11.6. The Kier molecular flexibility index (Phi) is 5.12. The number of aryl methyl sites for hydroxylation is 1. The molecule has 0 fully saturated rings. The largest absolute Gasteiger partial charge is 0.338 e. The maximum Gasteiger partial charge on any atom is 0.319 e. The van der Waals surface area contributed by atoms with Gasteiger partial charge in [0, 0.05) is 12.2 Å². The first-order valence-corrected chi connectivity index (χ1v) is 6.58. The molecule has 20 heavy (non-hydrogen) atoms. The Morgan fingerprint density at radius 3 is 2.60 bits per heavy atom. The lowest BCUT2D eigenvalue weighted by molar-refractivity contribution is 0.252. The van der Waals surface area contributed by atoms with Crippen molar-refractivity contribution in [2.24, 2.45) is 0 Å². The molecular formula is C16H17FN2O. The van der Waals surface area contributed by atoms with Crippen molar-refractivity contribution in [1.29, 1.82) is 0 Å². The second kappa shape index (κ2) is 7.28. The molecule has 0 aromatic heterocycles. The molecule has 0 atom stereocenters. The van der Waals surface area contributed by atoms with Crippen molar-refractivity contribution >= 4 is 11.7 Å². The third-order valence-corrected chi connectivity index (χ3v) is 2.85. The van der Waals surface area contributed by atoms with E-state index in [-0.39, 0.29) is 11.8 Å². The number of hydrogen-bond acceptors (Lipinski definition) is 1. The number of carbonyl (C=O) groups is 1. The molecule has 0 bridgehead atoms. The molecule has 0 aliphatic carbocycles. The number of urea groups is 1. The first kappa shape index (κ1) is 14.1. The molecule has 0 unspecified atom stereocenters. The molecule has 2 rings (SSSR count). The summed E-state index contributed by atoms with van der Waals surface area (Å²) in [5.41, 5.74) is 1.70. The van der Waals surface area contributed by atoms with E-state index in [0.29, 0.717) is 12.2 Å². The SMILES string of the molecule is O=C(NCCCc1ccccc1)Nc1cccc(F)c1. The van der Waals surface area contributed by atoms with Crippen LogP contribution in [0.2, 0.25) is 0 Å². The molecule has 4 heteroatoms. The number of hydrogen-bond donors (Lipinski definition) is 2. The molecule has 3 nitrogen and oxygen atoms in total. The summed E-state index contributed by atoms with van der Waals surface area (Å²) in [5.74, 6) is -0.369. The van der Waals surface area contributed by atoms with Crippen LogP contribution in [0, 0.1) is 5.82 Å². The van der Waals surface area contributed by atoms with E-state index in [4.69, 9.17) is 0 Å². The van der Waals surface area contributed by atoms with E-state index >= 15 is 0 Å². The Hall–Kier alpha value is -2.36. The highest BCUT2D eigenvalue weighted by Gasteiger charge is 2.01. The van der Waals surface area contributed by atoms with Gasteiger partial charge in [-0.15, -0.1) is 0 Å². The maximum absolute atomic E-state index is 12.9. The van der Waals surface area contributed by atoms with Gasteiger partial charge in [0.1, 0.15) is 5.82 Å². The molecule has 0 spiro atoms. The second-order valence-electron chi connectivity index (χ2n) is 4.48. The Bertz CT molecular complexity index is 557. The Morgan fingerprint density at radius 2 is 1.85 bits per heavy atom. The summed E-state index contributed by atoms with van der Waals surface area (Å²) in [5, 5.41) is 5.34. The molecule has 0 heterocycles. The number of halogens is 1. The number of amides is 2. The van der Waals surface area contributed by atoms with Gasteiger partial charge in [0.05, 0.1) is 0 Å². The minimum atomic E-state index is -0.369. The van der Waals surface area contributed by atoms with E-state index in [9.17, 15) is 9.18 Å². The summed E-state index contributed by atoms with van der Waals surface area (Å²) in [6.45, 7) is 0.579. The number of nitrogens with one attached hydrogen (secondary N) is 2. The van der Waals surface area contributed by atoms with Crippen molar-refractivity contribution in [3.63, 3.8) is 0 Å². The molecule has 0 saturated heterocycles. The minimum Gasteiger partial charge on any atom is -0.338 e. The van der Waals surface area contributed by atoms with E-state index in [1.807, 2.05) is 18.2 Å². The molecule has 0 aliphatic rings. The van der Waals surface area contributed by atoms with E-state index in [0.717, 1.165) is 12.8 Å². The minimum absolute atomic E-state index is 0.316. The summed E-state index contributed by atoms with van der Waals surface area (Å²) in [6.07, 6.45) is 1.78. The zero-order chi connectivity index (χ0) is 14.2. The molecule has 2 N–H and O–H groups in total. The van der Waals surface area contributed by atoms with Crippen molar-refractivity contribution in [3.8, 4) is 0 Å². The highest BCUT2D eigenvalue weighted by Crippen LogP contribution is 2.08. The molecule has 0 saturated carbocycles. The normalized spacial score (nSPS) is 10.1. The van der Waals surface area contributed by atoms with Crippen LogP contribution in [-0.2, 0) is 6.42 Å². The van der Waals surface area contributed by atoms with Gasteiger partial charge >= 0.3 is 6.03 Å². The lowest BCUT2D eigenvalue weighted by atomic mass is 10.1. The molecule has 2 aromatic rings. The van der Waals surface area contributed by atoms with Crippen molar-refractivity contribution in [2.75, 3.05) is 11.9 Å². The van der Waals surface area contributed by atoms with Gasteiger partial charge in [0.25, 0.3) is 0 Å². The average molecular weight is 272 g/mol. The van der Waals surface area contributed by atoms with Gasteiger partial charge in [-0.25, -0.2) is 9.18 Å². The zero-order valence-corrected chi connectivity index (χ0v) is 11.1. The fourth-order valence-corrected chi connectivity index (χ4v) is 1.88.